The van der Waals surface area contributed by atoms with Gasteiger partial charge in [0.15, 0.2) is 23.0 Å². The summed E-state index contributed by atoms with van der Waals surface area (Å²) in [5.74, 6) is 0.842. The van der Waals surface area contributed by atoms with Crippen molar-refractivity contribution >= 4 is 12.0 Å². The summed E-state index contributed by atoms with van der Waals surface area (Å²) in [5.41, 5.74) is 0.532. The number of carbonyl (C=O) groups is 1. The van der Waals surface area contributed by atoms with Crippen molar-refractivity contribution in [2.75, 3.05) is 13.7 Å². The fourth-order valence-corrected chi connectivity index (χ4v) is 2.33. The van der Waals surface area contributed by atoms with E-state index in [-0.39, 0.29) is 18.1 Å². The lowest BCUT2D eigenvalue weighted by Gasteiger charge is -2.25. The van der Waals surface area contributed by atoms with Crippen LogP contribution in [0.5, 0.6) is 23.0 Å². The van der Waals surface area contributed by atoms with Gasteiger partial charge in [0, 0.05) is 6.08 Å². The molecule has 8 nitrogen and oxygen atoms in total. The molecule has 0 spiro atoms. The summed E-state index contributed by atoms with van der Waals surface area (Å²) in [6, 6.07) is 11.6. The first kappa shape index (κ1) is 17.3. The topological polar surface area (TPSA) is 97.1 Å². The van der Waals surface area contributed by atoms with E-state index in [1.54, 1.807) is 30.3 Å². The maximum atomic E-state index is 12.4. The first-order valence-electron chi connectivity index (χ1n) is 7.67. The average molecular weight is 357 g/mol. The Morgan fingerprint density at radius 2 is 2.00 bits per heavy atom. The van der Waals surface area contributed by atoms with Crippen LogP contribution in [0, 0.1) is 10.1 Å². The molecule has 8 heteroatoms. The Morgan fingerprint density at radius 3 is 2.73 bits per heavy atom. The molecule has 0 unspecified atom stereocenters. The van der Waals surface area contributed by atoms with Crippen LogP contribution in [0.2, 0.25) is 0 Å². The molecular formula is C18H15NO7. The smallest absolute Gasteiger partial charge is 0.356 e. The Morgan fingerprint density at radius 1 is 1.23 bits per heavy atom. The molecule has 3 rings (SSSR count). The molecule has 0 aromatic heterocycles. The zero-order valence-corrected chi connectivity index (χ0v) is 13.8. The number of hydrogen-bond acceptors (Lipinski definition) is 7. The molecule has 0 radical (unpaired) electrons. The Kier molecular flexibility index (Phi) is 5.02. The number of nitrogens with zero attached hydrogens (tertiary/aromatic N) is 1. The van der Waals surface area contributed by atoms with Crippen LogP contribution >= 0.6 is 0 Å². The van der Waals surface area contributed by atoms with Crippen molar-refractivity contribution in [1.82, 2.24) is 0 Å². The number of carbonyl (C=O) groups excluding carboxylic acids is 1. The fourth-order valence-electron chi connectivity index (χ4n) is 2.33. The number of fused-ring (bicyclic) bond motifs is 1. The summed E-state index contributed by atoms with van der Waals surface area (Å²) < 4.78 is 21.6. The summed E-state index contributed by atoms with van der Waals surface area (Å²) >= 11 is 0. The maximum Gasteiger partial charge on any atom is 0.356 e. The average Bonchev–Trinajstić information content (AvgIpc) is 2.66. The van der Waals surface area contributed by atoms with E-state index in [0.29, 0.717) is 17.1 Å². The number of rotatable bonds is 5. The van der Waals surface area contributed by atoms with Gasteiger partial charge in [0.1, 0.15) is 6.61 Å². The van der Waals surface area contributed by atoms with Crippen molar-refractivity contribution in [3.63, 3.8) is 0 Å². The van der Waals surface area contributed by atoms with Crippen molar-refractivity contribution < 1.29 is 28.7 Å². The van der Waals surface area contributed by atoms with Crippen LogP contribution in [0.15, 0.2) is 48.7 Å². The van der Waals surface area contributed by atoms with Gasteiger partial charge in [-0.05, 0) is 29.8 Å². The lowest BCUT2D eigenvalue weighted by molar-refractivity contribution is -0.400. The third kappa shape index (κ3) is 3.92. The van der Waals surface area contributed by atoms with Crippen LogP contribution in [-0.2, 0) is 4.79 Å². The molecule has 0 amide bonds. The van der Waals surface area contributed by atoms with Gasteiger partial charge in [-0.3, -0.25) is 10.1 Å². The fraction of sp³-hybridized carbons (Fsp3) is 0.167. The Hall–Kier alpha value is -3.55. The summed E-state index contributed by atoms with van der Waals surface area (Å²) in [5, 5.41) is 10.4. The van der Waals surface area contributed by atoms with Crippen molar-refractivity contribution in [2.24, 2.45) is 0 Å². The second-order valence-corrected chi connectivity index (χ2v) is 5.30. The number of esters is 1. The standard InChI is InChI=1S/C18H15NO7/c1-23-16-10-12(8-9-19(21)22)6-7-15(16)26-18(20)17-11-24-13-4-2-3-5-14(13)25-17/h2-10,17H,11H2,1H3/b9-8+/t17-/m0/s1. The van der Waals surface area contributed by atoms with Gasteiger partial charge in [-0.1, -0.05) is 18.2 Å². The largest absolute Gasteiger partial charge is 0.493 e. The van der Waals surface area contributed by atoms with Gasteiger partial charge < -0.3 is 18.9 Å². The van der Waals surface area contributed by atoms with E-state index in [1.165, 1.54) is 25.3 Å². The van der Waals surface area contributed by atoms with E-state index in [4.69, 9.17) is 18.9 Å². The van der Waals surface area contributed by atoms with Crippen LogP contribution in [0.1, 0.15) is 5.56 Å². The molecule has 2 aromatic rings. The lowest BCUT2D eigenvalue weighted by atomic mass is 10.2. The Bertz CT molecular complexity index is 862. The molecule has 0 bridgehead atoms. The number of benzene rings is 2. The number of ether oxygens (including phenoxy) is 4. The monoisotopic (exact) mass is 357 g/mol. The Labute approximate surface area is 148 Å². The normalized spacial score (nSPS) is 15.5. The highest BCUT2D eigenvalue weighted by molar-refractivity contribution is 5.79. The van der Waals surface area contributed by atoms with Crippen LogP contribution in [0.3, 0.4) is 0 Å². The quantitative estimate of drug-likeness (QED) is 0.351. The first-order valence-corrected chi connectivity index (χ1v) is 7.67. The van der Waals surface area contributed by atoms with Gasteiger partial charge in [-0.25, -0.2) is 4.79 Å². The first-order chi connectivity index (χ1) is 12.6. The number of para-hydroxylation sites is 2. The van der Waals surface area contributed by atoms with E-state index in [0.717, 1.165) is 6.20 Å². The van der Waals surface area contributed by atoms with Gasteiger partial charge in [0.05, 0.1) is 12.0 Å². The molecule has 1 atom stereocenters. The van der Waals surface area contributed by atoms with Crippen molar-refractivity contribution in [3.05, 3.63) is 64.3 Å². The third-order valence-corrected chi connectivity index (χ3v) is 3.56. The van der Waals surface area contributed by atoms with Crippen LogP contribution in [0.25, 0.3) is 6.08 Å². The molecule has 26 heavy (non-hydrogen) atoms. The minimum Gasteiger partial charge on any atom is -0.493 e. The molecule has 1 aliphatic rings. The summed E-state index contributed by atoms with van der Waals surface area (Å²) in [4.78, 5) is 22.2. The van der Waals surface area contributed by atoms with Gasteiger partial charge in [0.25, 0.3) is 0 Å². The molecule has 0 saturated carbocycles. The minimum absolute atomic E-state index is 0.0296. The highest BCUT2D eigenvalue weighted by Gasteiger charge is 2.29. The van der Waals surface area contributed by atoms with Crippen molar-refractivity contribution in [2.45, 2.75) is 6.10 Å². The predicted octanol–water partition coefficient (Wildman–Crippen LogP) is 2.69. The molecular weight excluding hydrogens is 342 g/mol. The molecule has 134 valence electrons. The number of nitro groups is 1. The summed E-state index contributed by atoms with van der Waals surface area (Å²) in [6.07, 6.45) is 1.21. The molecule has 1 aliphatic heterocycles. The van der Waals surface area contributed by atoms with Gasteiger partial charge in [-0.2, -0.15) is 0 Å². The molecule has 1 heterocycles. The predicted molar refractivity (Wildman–Crippen MR) is 91.0 cm³/mol. The van der Waals surface area contributed by atoms with E-state index in [2.05, 4.69) is 0 Å². The second kappa shape index (κ2) is 7.56. The molecule has 2 aromatic carbocycles. The molecule has 0 N–H and O–H groups in total. The zero-order chi connectivity index (χ0) is 18.5. The SMILES string of the molecule is COc1cc(/C=C/[N+](=O)[O-])ccc1OC(=O)[C@@H]1COc2ccccc2O1. The van der Waals surface area contributed by atoms with Crippen LogP contribution in [-0.4, -0.2) is 30.7 Å². The van der Waals surface area contributed by atoms with E-state index >= 15 is 0 Å². The lowest BCUT2D eigenvalue weighted by Crippen LogP contribution is -2.39. The van der Waals surface area contributed by atoms with Crippen molar-refractivity contribution in [3.8, 4) is 23.0 Å². The highest BCUT2D eigenvalue weighted by Crippen LogP contribution is 2.33. The third-order valence-electron chi connectivity index (χ3n) is 3.56. The van der Waals surface area contributed by atoms with Gasteiger partial charge >= 0.3 is 5.97 Å². The molecule has 0 saturated heterocycles. The van der Waals surface area contributed by atoms with Crippen LogP contribution in [0.4, 0.5) is 0 Å². The van der Waals surface area contributed by atoms with Crippen LogP contribution < -0.4 is 18.9 Å². The van der Waals surface area contributed by atoms with E-state index < -0.39 is 17.0 Å². The number of methoxy groups -OCH3 is 1. The number of hydrogen-bond donors (Lipinski definition) is 0. The van der Waals surface area contributed by atoms with Gasteiger partial charge in [-0.15, -0.1) is 0 Å². The summed E-state index contributed by atoms with van der Waals surface area (Å²) in [6.45, 7) is 0.0296. The second-order valence-electron chi connectivity index (χ2n) is 5.30. The van der Waals surface area contributed by atoms with Crippen molar-refractivity contribution in [1.29, 1.82) is 0 Å². The molecule has 0 aliphatic carbocycles. The van der Waals surface area contributed by atoms with E-state index in [1.807, 2.05) is 0 Å². The molecule has 0 fully saturated rings. The Balaban J connectivity index is 1.72. The highest BCUT2D eigenvalue weighted by atomic mass is 16.6. The zero-order valence-electron chi connectivity index (χ0n) is 13.8. The maximum absolute atomic E-state index is 12.4. The summed E-state index contributed by atoms with van der Waals surface area (Å²) in [7, 11) is 1.41. The van der Waals surface area contributed by atoms with E-state index in [9.17, 15) is 14.9 Å². The minimum atomic E-state index is -0.913. The van der Waals surface area contributed by atoms with Gasteiger partial charge in [0.2, 0.25) is 12.3 Å².